The minimum atomic E-state index is -2.08. The van der Waals surface area contributed by atoms with Crippen LogP contribution in [0.1, 0.15) is 5.56 Å². The van der Waals surface area contributed by atoms with Crippen LogP contribution in [0, 0.1) is 0 Å². The van der Waals surface area contributed by atoms with Crippen molar-refractivity contribution in [2.45, 2.75) is 19.6 Å². The lowest BCUT2D eigenvalue weighted by molar-refractivity contribution is 0.384. The zero-order valence-corrected chi connectivity index (χ0v) is 13.4. The molecule has 0 unspecified atom stereocenters. The molecule has 0 aromatic heterocycles. The van der Waals surface area contributed by atoms with E-state index in [2.05, 4.69) is 0 Å². The summed E-state index contributed by atoms with van der Waals surface area (Å²) in [5, 5.41) is 0. The van der Waals surface area contributed by atoms with Crippen LogP contribution in [0.15, 0.2) is 60.7 Å². The number of hydrogen-bond donors (Lipinski definition) is 0. The molecule has 0 atom stereocenters. The molecule has 0 heterocycles. The van der Waals surface area contributed by atoms with Crippen molar-refractivity contribution < 1.29 is 13.2 Å². The van der Waals surface area contributed by atoms with Crippen molar-refractivity contribution >= 4 is 14.1 Å². The molecule has 0 aliphatic carbocycles. The minimum Gasteiger partial charge on any atom is -0.540 e. The molecular formula is C17H18F2OSi. The average molecular weight is 304 g/mol. The summed E-state index contributed by atoms with van der Waals surface area (Å²) in [6, 6.07) is 16.8. The van der Waals surface area contributed by atoms with Crippen molar-refractivity contribution in [2.75, 3.05) is 0 Å². The molecule has 0 saturated carbocycles. The van der Waals surface area contributed by atoms with Gasteiger partial charge in [0.2, 0.25) is 8.32 Å². The Morgan fingerprint density at radius 2 is 1.33 bits per heavy atom. The molecule has 2 aromatic rings. The number of halogens is 2. The first-order chi connectivity index (χ1) is 9.87. The molecule has 0 aliphatic heterocycles. The summed E-state index contributed by atoms with van der Waals surface area (Å²) in [5.74, 6) is -0.297. The van der Waals surface area contributed by atoms with Gasteiger partial charge in [-0.15, -0.1) is 0 Å². The van der Waals surface area contributed by atoms with Crippen molar-refractivity contribution in [2.24, 2.45) is 0 Å². The van der Waals surface area contributed by atoms with E-state index in [1.165, 1.54) is 0 Å². The third-order valence-corrected chi connectivity index (χ3v) is 3.65. The van der Waals surface area contributed by atoms with Gasteiger partial charge < -0.3 is 4.43 Å². The summed E-state index contributed by atoms with van der Waals surface area (Å²) in [6.07, 6.45) is -1.77. The first kappa shape index (κ1) is 15.4. The Morgan fingerprint density at radius 1 is 0.810 bits per heavy atom. The van der Waals surface area contributed by atoms with Crippen molar-refractivity contribution in [1.29, 1.82) is 0 Å². The van der Waals surface area contributed by atoms with E-state index in [9.17, 15) is 8.78 Å². The minimum absolute atomic E-state index is 0.297. The Bertz CT molecular complexity index is 624. The second kappa shape index (κ2) is 6.22. The van der Waals surface area contributed by atoms with Crippen LogP contribution in [0.3, 0.4) is 0 Å². The van der Waals surface area contributed by atoms with E-state index in [4.69, 9.17) is 4.43 Å². The maximum atomic E-state index is 13.1. The fourth-order valence-corrected chi connectivity index (χ4v) is 2.76. The van der Waals surface area contributed by atoms with Crippen molar-refractivity contribution in [3.05, 3.63) is 66.2 Å². The van der Waals surface area contributed by atoms with Crippen LogP contribution in [0.25, 0.3) is 16.9 Å². The Balaban J connectivity index is 2.31. The summed E-state index contributed by atoms with van der Waals surface area (Å²) in [5.41, 5.74) is 2.46. The molecule has 4 heteroatoms. The summed E-state index contributed by atoms with van der Waals surface area (Å²) in [6.45, 7) is 5.65. The van der Waals surface area contributed by atoms with Gasteiger partial charge in [-0.2, -0.15) is 8.78 Å². The molecule has 0 saturated heterocycles. The van der Waals surface area contributed by atoms with E-state index >= 15 is 0 Å². The van der Waals surface area contributed by atoms with E-state index in [0.717, 1.165) is 11.1 Å². The first-order valence-corrected chi connectivity index (χ1v) is 10.2. The second-order valence-corrected chi connectivity index (χ2v) is 10.2. The molecule has 1 nitrogen and oxygen atoms in total. The van der Waals surface area contributed by atoms with Gasteiger partial charge in [0.05, 0.1) is 0 Å². The van der Waals surface area contributed by atoms with Crippen LogP contribution < -0.4 is 0 Å². The zero-order chi connectivity index (χ0) is 15.5. The second-order valence-electron chi connectivity index (χ2n) is 5.75. The lowest BCUT2D eigenvalue weighted by Gasteiger charge is -2.21. The maximum absolute atomic E-state index is 13.1. The maximum Gasteiger partial charge on any atom is 0.311 e. The quantitative estimate of drug-likeness (QED) is 0.514. The van der Waals surface area contributed by atoms with E-state index in [-0.39, 0.29) is 5.76 Å². The molecule has 0 spiro atoms. The monoisotopic (exact) mass is 304 g/mol. The van der Waals surface area contributed by atoms with Gasteiger partial charge in [0.25, 0.3) is 0 Å². The van der Waals surface area contributed by atoms with Crippen LogP contribution in [0.4, 0.5) is 8.78 Å². The van der Waals surface area contributed by atoms with E-state index < -0.39 is 14.4 Å². The summed E-state index contributed by atoms with van der Waals surface area (Å²) >= 11 is 0. The van der Waals surface area contributed by atoms with E-state index in [0.29, 0.717) is 5.56 Å². The lowest BCUT2D eigenvalue weighted by atomic mass is 10.0. The van der Waals surface area contributed by atoms with Gasteiger partial charge in [-0.25, -0.2) is 0 Å². The highest BCUT2D eigenvalue weighted by atomic mass is 28.4. The first-order valence-electron chi connectivity index (χ1n) is 6.77. The fourth-order valence-electron chi connectivity index (χ4n) is 1.96. The highest BCUT2D eigenvalue weighted by Crippen LogP contribution is 2.28. The Morgan fingerprint density at radius 3 is 1.81 bits per heavy atom. The highest BCUT2D eigenvalue weighted by molar-refractivity contribution is 6.70. The van der Waals surface area contributed by atoms with Crippen LogP contribution in [-0.4, -0.2) is 8.32 Å². The molecule has 2 rings (SSSR count). The van der Waals surface area contributed by atoms with Gasteiger partial charge in [-0.3, -0.25) is 0 Å². The SMILES string of the molecule is C[Si](C)(C)OC(=C(F)F)c1ccc(-c2ccccc2)cc1. The summed E-state index contributed by atoms with van der Waals surface area (Å²) < 4.78 is 31.7. The third kappa shape index (κ3) is 4.26. The van der Waals surface area contributed by atoms with E-state index in [1.807, 2.05) is 62.1 Å². The van der Waals surface area contributed by atoms with Gasteiger partial charge in [-0.1, -0.05) is 54.6 Å². The average Bonchev–Trinajstić information content (AvgIpc) is 2.45. The zero-order valence-electron chi connectivity index (χ0n) is 12.4. The fraction of sp³-hybridized carbons (Fsp3) is 0.176. The number of benzene rings is 2. The molecule has 0 amide bonds. The van der Waals surface area contributed by atoms with E-state index in [1.54, 1.807) is 12.1 Å². The molecule has 0 bridgehead atoms. The standard InChI is InChI=1S/C17H18F2OSi/c1-21(2,3)20-16(17(18)19)15-11-9-14(10-12-15)13-7-5-4-6-8-13/h4-12H,1-3H3. The normalized spacial score (nSPS) is 11.1. The summed E-state index contributed by atoms with van der Waals surface area (Å²) in [4.78, 5) is 0. The molecule has 0 aliphatic rings. The molecule has 110 valence electrons. The Hall–Kier alpha value is -1.94. The van der Waals surface area contributed by atoms with Crippen molar-refractivity contribution in [1.82, 2.24) is 0 Å². The largest absolute Gasteiger partial charge is 0.540 e. The Labute approximate surface area is 125 Å². The third-order valence-electron chi connectivity index (χ3n) is 2.83. The number of hydrogen-bond acceptors (Lipinski definition) is 1. The molecule has 2 aromatic carbocycles. The predicted molar refractivity (Wildman–Crippen MR) is 85.4 cm³/mol. The molecular weight excluding hydrogens is 286 g/mol. The molecule has 0 radical (unpaired) electrons. The van der Waals surface area contributed by atoms with Gasteiger partial charge in [-0.05, 0) is 30.8 Å². The molecule has 0 N–H and O–H groups in total. The van der Waals surface area contributed by atoms with Gasteiger partial charge >= 0.3 is 6.08 Å². The predicted octanol–water partition coefficient (Wildman–Crippen LogP) is 5.77. The van der Waals surface area contributed by atoms with Crippen LogP contribution in [-0.2, 0) is 4.43 Å². The lowest BCUT2D eigenvalue weighted by Crippen LogP contribution is -2.24. The van der Waals surface area contributed by atoms with Gasteiger partial charge in [0.1, 0.15) is 0 Å². The van der Waals surface area contributed by atoms with Crippen LogP contribution >= 0.6 is 0 Å². The molecule has 21 heavy (non-hydrogen) atoms. The van der Waals surface area contributed by atoms with Crippen LogP contribution in [0.5, 0.6) is 0 Å². The number of rotatable bonds is 4. The topological polar surface area (TPSA) is 9.23 Å². The van der Waals surface area contributed by atoms with Gasteiger partial charge in [0, 0.05) is 5.56 Å². The highest BCUT2D eigenvalue weighted by Gasteiger charge is 2.22. The Kier molecular flexibility index (Phi) is 4.58. The summed E-state index contributed by atoms with van der Waals surface area (Å²) in [7, 11) is -2.08. The van der Waals surface area contributed by atoms with Crippen LogP contribution in [0.2, 0.25) is 19.6 Å². The van der Waals surface area contributed by atoms with Crippen molar-refractivity contribution in [3.63, 3.8) is 0 Å². The van der Waals surface area contributed by atoms with Crippen molar-refractivity contribution in [3.8, 4) is 11.1 Å². The smallest absolute Gasteiger partial charge is 0.311 e. The molecule has 0 fully saturated rings. The van der Waals surface area contributed by atoms with Gasteiger partial charge in [0.15, 0.2) is 5.76 Å².